The zero-order chi connectivity index (χ0) is 15.1. The number of imidazole rings is 1. The van der Waals surface area contributed by atoms with Crippen LogP contribution in [0.2, 0.25) is 0 Å². The highest BCUT2D eigenvalue weighted by molar-refractivity contribution is 5.82. The van der Waals surface area contributed by atoms with Crippen molar-refractivity contribution in [2.45, 2.75) is 0 Å². The molecule has 7 nitrogen and oxygen atoms in total. The van der Waals surface area contributed by atoms with E-state index in [1.54, 1.807) is 24.8 Å². The van der Waals surface area contributed by atoms with Crippen LogP contribution in [0.25, 0.3) is 27.8 Å². The van der Waals surface area contributed by atoms with Crippen LogP contribution < -0.4 is 0 Å². The van der Waals surface area contributed by atoms with Gasteiger partial charge in [0.2, 0.25) is 0 Å². The summed E-state index contributed by atoms with van der Waals surface area (Å²) in [6.45, 7) is 0. The normalized spacial score (nSPS) is 11.1. The van der Waals surface area contributed by atoms with Gasteiger partial charge in [0, 0.05) is 30.2 Å². The maximum atomic E-state index is 10.8. The zero-order valence-electron chi connectivity index (χ0n) is 11.2. The van der Waals surface area contributed by atoms with E-state index < -0.39 is 4.92 Å². The summed E-state index contributed by atoms with van der Waals surface area (Å²) in [5.41, 5.74) is 3.88. The van der Waals surface area contributed by atoms with Gasteiger partial charge in [-0.25, -0.2) is 4.98 Å². The summed E-state index contributed by atoms with van der Waals surface area (Å²) in [6, 6.07) is 10.3. The van der Waals surface area contributed by atoms with Crippen LogP contribution in [0.5, 0.6) is 0 Å². The Labute approximate surface area is 124 Å². The molecular formula is C15H9N5O2. The van der Waals surface area contributed by atoms with Crippen LogP contribution in [0.4, 0.5) is 5.69 Å². The Morgan fingerprint density at radius 3 is 2.55 bits per heavy atom. The fourth-order valence-corrected chi connectivity index (χ4v) is 2.42. The number of benzene rings is 2. The van der Waals surface area contributed by atoms with Gasteiger partial charge in [-0.05, 0) is 24.3 Å². The summed E-state index contributed by atoms with van der Waals surface area (Å²) in [6.07, 6.45) is 4.93. The Kier molecular flexibility index (Phi) is 2.59. The number of hydrogen-bond donors (Lipinski definition) is 0. The van der Waals surface area contributed by atoms with Gasteiger partial charge in [0.05, 0.1) is 27.0 Å². The van der Waals surface area contributed by atoms with Crippen molar-refractivity contribution in [1.29, 1.82) is 0 Å². The van der Waals surface area contributed by atoms with Crippen molar-refractivity contribution in [2.75, 3.05) is 0 Å². The monoisotopic (exact) mass is 291 g/mol. The van der Waals surface area contributed by atoms with Gasteiger partial charge in [-0.1, -0.05) is 0 Å². The number of nitrogens with zero attached hydrogens (tertiary/aromatic N) is 5. The maximum absolute atomic E-state index is 10.8. The molecule has 0 fully saturated rings. The van der Waals surface area contributed by atoms with Crippen LogP contribution in [0.3, 0.4) is 0 Å². The molecule has 4 rings (SSSR count). The number of non-ortho nitro benzene ring substituents is 1. The van der Waals surface area contributed by atoms with E-state index in [-0.39, 0.29) is 5.69 Å². The van der Waals surface area contributed by atoms with E-state index in [9.17, 15) is 10.1 Å². The van der Waals surface area contributed by atoms with Crippen molar-refractivity contribution >= 4 is 27.8 Å². The first kappa shape index (κ1) is 12.4. The number of nitro benzene ring substituents is 1. The van der Waals surface area contributed by atoms with Gasteiger partial charge in [-0.3, -0.25) is 24.6 Å². The lowest BCUT2D eigenvalue weighted by Gasteiger charge is -2.05. The van der Waals surface area contributed by atoms with Gasteiger partial charge in [-0.2, -0.15) is 0 Å². The Morgan fingerprint density at radius 2 is 1.73 bits per heavy atom. The minimum absolute atomic E-state index is 0.0297. The topological polar surface area (TPSA) is 86.7 Å². The van der Waals surface area contributed by atoms with E-state index in [0.717, 1.165) is 22.2 Å². The van der Waals surface area contributed by atoms with Crippen LogP contribution in [-0.4, -0.2) is 24.4 Å². The molecule has 4 aromatic rings. The highest BCUT2D eigenvalue weighted by atomic mass is 16.6. The second kappa shape index (κ2) is 4.59. The van der Waals surface area contributed by atoms with E-state index in [2.05, 4.69) is 15.0 Å². The van der Waals surface area contributed by atoms with Gasteiger partial charge in [0.15, 0.2) is 0 Å². The Bertz CT molecular complexity index is 1020. The van der Waals surface area contributed by atoms with E-state index in [4.69, 9.17) is 0 Å². The summed E-state index contributed by atoms with van der Waals surface area (Å²) in [4.78, 5) is 23.2. The average molecular weight is 291 g/mol. The molecule has 2 aromatic carbocycles. The molecule has 0 saturated heterocycles. The zero-order valence-corrected chi connectivity index (χ0v) is 11.2. The number of fused-ring (bicyclic) bond motifs is 2. The molecule has 2 heterocycles. The van der Waals surface area contributed by atoms with Crippen LogP contribution in [0, 0.1) is 10.1 Å². The molecule has 0 amide bonds. The van der Waals surface area contributed by atoms with E-state index >= 15 is 0 Å². The molecule has 0 N–H and O–H groups in total. The Morgan fingerprint density at radius 1 is 0.909 bits per heavy atom. The Hall–Kier alpha value is -3.35. The molecule has 0 bridgehead atoms. The highest BCUT2D eigenvalue weighted by Crippen LogP contribution is 2.23. The first-order chi connectivity index (χ1) is 10.7. The lowest BCUT2D eigenvalue weighted by atomic mass is 10.2. The van der Waals surface area contributed by atoms with Crippen molar-refractivity contribution < 1.29 is 4.92 Å². The lowest BCUT2D eigenvalue weighted by molar-refractivity contribution is -0.384. The summed E-state index contributed by atoms with van der Waals surface area (Å²) >= 11 is 0. The second-order valence-electron chi connectivity index (χ2n) is 4.77. The summed E-state index contributed by atoms with van der Waals surface area (Å²) in [5.74, 6) is 0. The lowest BCUT2D eigenvalue weighted by Crippen LogP contribution is -1.93. The third-order valence-electron chi connectivity index (χ3n) is 3.47. The molecule has 0 aliphatic rings. The number of aromatic nitrogens is 4. The first-order valence-electron chi connectivity index (χ1n) is 6.55. The highest BCUT2D eigenvalue weighted by Gasteiger charge is 2.11. The third-order valence-corrected chi connectivity index (χ3v) is 3.47. The molecule has 2 aromatic heterocycles. The smallest absolute Gasteiger partial charge is 0.271 e. The standard InChI is InChI=1S/C15H9N5O2/c21-20(22)11-2-4-15-14(8-11)18-9-19(15)10-1-3-12-13(7-10)17-6-5-16-12/h1-9H. The van der Waals surface area contributed by atoms with Gasteiger partial charge >= 0.3 is 0 Å². The fourth-order valence-electron chi connectivity index (χ4n) is 2.42. The maximum Gasteiger partial charge on any atom is 0.271 e. The van der Waals surface area contributed by atoms with Crippen LogP contribution >= 0.6 is 0 Å². The SMILES string of the molecule is O=[N+]([O-])c1ccc2c(c1)ncn2-c1ccc2nccnc2c1. The molecule has 0 aliphatic carbocycles. The Balaban J connectivity index is 1.90. The largest absolute Gasteiger partial charge is 0.299 e. The molecule has 0 spiro atoms. The molecule has 7 heteroatoms. The predicted octanol–water partition coefficient (Wildman–Crippen LogP) is 2.88. The minimum atomic E-state index is -0.427. The van der Waals surface area contributed by atoms with Gasteiger partial charge in [-0.15, -0.1) is 0 Å². The summed E-state index contributed by atoms with van der Waals surface area (Å²) in [7, 11) is 0. The first-order valence-corrected chi connectivity index (χ1v) is 6.55. The molecule has 0 atom stereocenters. The number of rotatable bonds is 2. The van der Waals surface area contributed by atoms with Gasteiger partial charge in [0.1, 0.15) is 6.33 Å². The van der Waals surface area contributed by atoms with E-state index in [1.807, 2.05) is 22.8 Å². The van der Waals surface area contributed by atoms with Crippen LogP contribution in [0.15, 0.2) is 55.1 Å². The van der Waals surface area contributed by atoms with Gasteiger partial charge < -0.3 is 0 Å². The predicted molar refractivity (Wildman–Crippen MR) is 80.8 cm³/mol. The van der Waals surface area contributed by atoms with Crippen LogP contribution in [0.1, 0.15) is 0 Å². The second-order valence-corrected chi connectivity index (χ2v) is 4.77. The molecule has 106 valence electrons. The third kappa shape index (κ3) is 1.87. The average Bonchev–Trinajstić information content (AvgIpc) is 2.97. The summed E-state index contributed by atoms with van der Waals surface area (Å²) in [5, 5.41) is 10.8. The van der Waals surface area contributed by atoms with Crippen molar-refractivity contribution in [1.82, 2.24) is 19.5 Å². The summed E-state index contributed by atoms with van der Waals surface area (Å²) < 4.78 is 1.87. The molecule has 0 unspecified atom stereocenters. The molecule has 0 saturated carbocycles. The quantitative estimate of drug-likeness (QED) is 0.418. The van der Waals surface area contributed by atoms with Crippen molar-refractivity contribution in [3.8, 4) is 5.69 Å². The molecular weight excluding hydrogens is 282 g/mol. The fraction of sp³-hybridized carbons (Fsp3) is 0. The van der Waals surface area contributed by atoms with Crippen molar-refractivity contribution in [3.63, 3.8) is 0 Å². The van der Waals surface area contributed by atoms with Crippen molar-refractivity contribution in [3.05, 3.63) is 65.2 Å². The van der Waals surface area contributed by atoms with E-state index in [1.165, 1.54) is 12.1 Å². The van der Waals surface area contributed by atoms with Crippen LogP contribution in [-0.2, 0) is 0 Å². The molecule has 22 heavy (non-hydrogen) atoms. The van der Waals surface area contributed by atoms with Crippen molar-refractivity contribution in [2.24, 2.45) is 0 Å². The number of nitro groups is 1. The molecule has 0 aliphatic heterocycles. The van der Waals surface area contributed by atoms with E-state index in [0.29, 0.717) is 5.52 Å². The number of hydrogen-bond acceptors (Lipinski definition) is 5. The minimum Gasteiger partial charge on any atom is -0.299 e. The van der Waals surface area contributed by atoms with Gasteiger partial charge in [0.25, 0.3) is 5.69 Å². The molecule has 0 radical (unpaired) electrons.